The van der Waals surface area contributed by atoms with Crippen molar-refractivity contribution in [3.05, 3.63) is 48.0 Å². The normalized spacial score (nSPS) is 15.3. The van der Waals surface area contributed by atoms with Crippen LogP contribution in [0.15, 0.2) is 47.4 Å². The second kappa shape index (κ2) is 10.3. The minimum Gasteiger partial charge on any atom is -0.495 e. The quantitative estimate of drug-likeness (QED) is 0.627. The molecule has 0 spiro atoms. The summed E-state index contributed by atoms with van der Waals surface area (Å²) in [7, 11) is -0.212. The summed E-state index contributed by atoms with van der Waals surface area (Å²) < 4.78 is 62.4. The van der Waals surface area contributed by atoms with Crippen molar-refractivity contribution in [1.82, 2.24) is 4.90 Å². The first kappa shape index (κ1) is 23.2. The van der Waals surface area contributed by atoms with E-state index in [0.29, 0.717) is 17.0 Å². The van der Waals surface area contributed by atoms with Crippen molar-refractivity contribution in [3.63, 3.8) is 0 Å². The number of hydrogen-bond acceptors (Lipinski definition) is 6. The fourth-order valence-corrected chi connectivity index (χ4v) is 4.52. The molecular weight excluding hydrogens is 428 g/mol. The van der Waals surface area contributed by atoms with Crippen LogP contribution in [0.1, 0.15) is 5.56 Å². The third kappa shape index (κ3) is 6.28. The van der Waals surface area contributed by atoms with E-state index < -0.39 is 16.6 Å². The number of halogens is 2. The lowest BCUT2D eigenvalue weighted by Gasteiger charge is -2.35. The maximum Gasteiger partial charge on any atom is 0.345 e. The van der Waals surface area contributed by atoms with E-state index in [1.54, 1.807) is 37.4 Å². The van der Waals surface area contributed by atoms with Crippen molar-refractivity contribution >= 4 is 21.4 Å². The average molecular weight is 456 g/mol. The van der Waals surface area contributed by atoms with E-state index in [4.69, 9.17) is 4.74 Å². The molecule has 0 atom stereocenters. The van der Waals surface area contributed by atoms with Gasteiger partial charge in [-0.1, -0.05) is 12.1 Å². The second-order valence-electron chi connectivity index (χ2n) is 7.31. The van der Waals surface area contributed by atoms with Crippen LogP contribution in [0, 0.1) is 0 Å². The van der Waals surface area contributed by atoms with E-state index in [1.165, 1.54) is 12.1 Å². The molecule has 0 radical (unpaired) electrons. The molecule has 1 aliphatic rings. The van der Waals surface area contributed by atoms with Crippen LogP contribution in [0.5, 0.6) is 5.75 Å². The van der Waals surface area contributed by atoms with Crippen LogP contribution in [0.3, 0.4) is 0 Å². The Labute approximate surface area is 181 Å². The Bertz CT molecular complexity index is 980. The Kier molecular flexibility index (Phi) is 7.69. The minimum atomic E-state index is -3.86. The van der Waals surface area contributed by atoms with Crippen molar-refractivity contribution < 1.29 is 26.7 Å². The molecule has 2 aromatic rings. The number of sulfonamides is 1. The van der Waals surface area contributed by atoms with Crippen LogP contribution in [-0.4, -0.2) is 66.9 Å². The molecule has 3 rings (SSSR count). The van der Waals surface area contributed by atoms with E-state index in [2.05, 4.69) is 26.3 Å². The third-order valence-electron chi connectivity index (χ3n) is 5.12. The number of benzene rings is 2. The topological polar surface area (TPSA) is 71.1 Å². The highest BCUT2D eigenvalue weighted by atomic mass is 32.2. The van der Waals surface area contributed by atoms with Gasteiger partial charge in [0, 0.05) is 26.2 Å². The number of methoxy groups -OCH3 is 1. The summed E-state index contributed by atoms with van der Waals surface area (Å²) in [5.74, 6) is 0.675. The number of hydrogen-bond donors (Lipinski definition) is 1. The van der Waals surface area contributed by atoms with Crippen LogP contribution in [0.25, 0.3) is 0 Å². The Hall–Kier alpha value is -2.43. The molecule has 1 heterocycles. The smallest absolute Gasteiger partial charge is 0.345 e. The molecule has 2 aromatic carbocycles. The molecule has 0 unspecified atom stereocenters. The lowest BCUT2D eigenvalue weighted by Crippen LogP contribution is -2.44. The van der Waals surface area contributed by atoms with Gasteiger partial charge in [-0.15, -0.1) is 0 Å². The summed E-state index contributed by atoms with van der Waals surface area (Å²) in [5.41, 5.74) is 1.84. The van der Waals surface area contributed by atoms with E-state index in [0.717, 1.165) is 31.9 Å². The number of piperazine rings is 1. The summed E-state index contributed by atoms with van der Waals surface area (Å²) in [5, 5.41) is 0. The van der Waals surface area contributed by atoms with Crippen molar-refractivity contribution in [3.8, 4) is 5.75 Å². The molecule has 0 saturated carbocycles. The predicted molar refractivity (Wildman–Crippen MR) is 116 cm³/mol. The molecule has 1 fully saturated rings. The van der Waals surface area contributed by atoms with E-state index >= 15 is 0 Å². The zero-order valence-electron chi connectivity index (χ0n) is 17.6. The zero-order valence-corrected chi connectivity index (χ0v) is 18.4. The molecule has 1 aliphatic heterocycles. The van der Waals surface area contributed by atoms with Crippen molar-refractivity contribution in [1.29, 1.82) is 0 Å². The molecule has 1 saturated heterocycles. The fourth-order valence-electron chi connectivity index (χ4n) is 3.40. The van der Waals surface area contributed by atoms with Crippen LogP contribution in [0.2, 0.25) is 0 Å². The lowest BCUT2D eigenvalue weighted by molar-refractivity contribution is -0.127. The van der Waals surface area contributed by atoms with Crippen LogP contribution in [-0.2, 0) is 21.2 Å². The molecule has 7 nitrogen and oxygen atoms in total. The van der Waals surface area contributed by atoms with Gasteiger partial charge in [0.2, 0.25) is 0 Å². The number of likely N-dealkylation sites (N-methyl/N-ethyl adjacent to an activating group) is 1. The second-order valence-corrected chi connectivity index (χ2v) is 8.99. The number of alkyl halides is 2. The van der Waals surface area contributed by atoms with Crippen molar-refractivity contribution in [2.24, 2.45) is 0 Å². The van der Waals surface area contributed by atoms with Gasteiger partial charge in [0.15, 0.2) is 0 Å². The van der Waals surface area contributed by atoms with Gasteiger partial charge in [-0.05, 0) is 49.4 Å². The summed E-state index contributed by atoms with van der Waals surface area (Å²) in [4.78, 5) is 4.45. The highest BCUT2D eigenvalue weighted by molar-refractivity contribution is 7.92. The number of nitrogens with zero attached hydrogens (tertiary/aromatic N) is 2. The summed E-state index contributed by atoms with van der Waals surface area (Å²) >= 11 is 0. The first-order chi connectivity index (χ1) is 14.8. The SMILES string of the molecule is COc1ccc(NS(=O)(=O)c2cccc(CCOC(F)F)c2)cc1N1CCN(C)CC1. The van der Waals surface area contributed by atoms with Gasteiger partial charge >= 0.3 is 6.61 Å². The van der Waals surface area contributed by atoms with Gasteiger partial charge in [-0.3, -0.25) is 4.72 Å². The molecule has 0 bridgehead atoms. The average Bonchev–Trinajstić information content (AvgIpc) is 2.74. The maximum absolute atomic E-state index is 12.9. The van der Waals surface area contributed by atoms with Crippen LogP contribution < -0.4 is 14.4 Å². The Balaban J connectivity index is 1.77. The standard InChI is InChI=1S/C21H27F2N3O4S/c1-25-9-11-26(12-10-25)19-15-17(6-7-20(19)29-2)24-31(27,28)18-5-3-4-16(14-18)8-13-30-21(22)23/h3-7,14-15,21,24H,8-13H2,1-2H3. The number of anilines is 2. The lowest BCUT2D eigenvalue weighted by atomic mass is 10.2. The summed E-state index contributed by atoms with van der Waals surface area (Å²) in [6, 6.07) is 11.3. The Morgan fingerprint density at radius 1 is 1.10 bits per heavy atom. The molecule has 31 heavy (non-hydrogen) atoms. The molecule has 0 aromatic heterocycles. The molecule has 0 aliphatic carbocycles. The molecule has 170 valence electrons. The largest absolute Gasteiger partial charge is 0.495 e. The molecular formula is C21H27F2N3O4S. The van der Waals surface area contributed by atoms with Gasteiger partial charge in [-0.25, -0.2) is 8.42 Å². The van der Waals surface area contributed by atoms with Gasteiger partial charge in [0.05, 0.1) is 30.0 Å². The number of nitrogens with one attached hydrogen (secondary N) is 1. The maximum atomic E-state index is 12.9. The number of rotatable bonds is 9. The monoisotopic (exact) mass is 455 g/mol. The highest BCUT2D eigenvalue weighted by Crippen LogP contribution is 2.33. The third-order valence-corrected chi connectivity index (χ3v) is 6.50. The van der Waals surface area contributed by atoms with Crippen LogP contribution >= 0.6 is 0 Å². The molecule has 10 heteroatoms. The predicted octanol–water partition coefficient (Wildman–Crippen LogP) is 3.03. The summed E-state index contributed by atoms with van der Waals surface area (Å²) in [6.45, 7) is 0.389. The number of ether oxygens (including phenoxy) is 2. The summed E-state index contributed by atoms with van der Waals surface area (Å²) in [6.07, 6.45) is 0.184. The Morgan fingerprint density at radius 2 is 1.84 bits per heavy atom. The first-order valence-corrected chi connectivity index (χ1v) is 11.4. The van der Waals surface area contributed by atoms with Gasteiger partial charge < -0.3 is 19.3 Å². The van der Waals surface area contributed by atoms with Crippen molar-refractivity contribution in [2.45, 2.75) is 17.9 Å². The molecule has 1 N–H and O–H groups in total. The van der Waals surface area contributed by atoms with Gasteiger partial charge in [0.25, 0.3) is 10.0 Å². The Morgan fingerprint density at radius 3 is 2.52 bits per heavy atom. The first-order valence-electron chi connectivity index (χ1n) is 9.91. The minimum absolute atomic E-state index is 0.0546. The van der Waals surface area contributed by atoms with Gasteiger partial charge in [0.1, 0.15) is 5.75 Å². The van der Waals surface area contributed by atoms with E-state index in [1.807, 2.05) is 0 Å². The zero-order chi connectivity index (χ0) is 22.4. The highest BCUT2D eigenvalue weighted by Gasteiger charge is 2.20. The fraction of sp³-hybridized carbons (Fsp3) is 0.429. The van der Waals surface area contributed by atoms with Crippen molar-refractivity contribution in [2.75, 3.05) is 56.6 Å². The van der Waals surface area contributed by atoms with E-state index in [-0.39, 0.29) is 17.9 Å². The molecule has 0 amide bonds. The van der Waals surface area contributed by atoms with E-state index in [9.17, 15) is 17.2 Å². The van der Waals surface area contributed by atoms with Gasteiger partial charge in [-0.2, -0.15) is 8.78 Å². The van der Waals surface area contributed by atoms with Crippen LogP contribution in [0.4, 0.5) is 20.2 Å².